The average Bonchev–Trinajstić information content (AvgIpc) is 2.69. The number of aromatic nitrogens is 4. The highest BCUT2D eigenvalue weighted by Crippen LogP contribution is 2.29. The quantitative estimate of drug-likeness (QED) is 0.840. The summed E-state index contributed by atoms with van der Waals surface area (Å²) in [5.74, 6) is 0. The van der Waals surface area contributed by atoms with E-state index in [1.165, 1.54) is 11.0 Å². The molecule has 19 heavy (non-hydrogen) atoms. The molecule has 9 heteroatoms. The van der Waals surface area contributed by atoms with Gasteiger partial charge in [-0.05, 0) is 22.0 Å². The molecule has 5 nitrogen and oxygen atoms in total. The number of hydrogen-bond donors (Lipinski definition) is 0. The Balaban J connectivity index is 2.45. The van der Waals surface area contributed by atoms with Crippen molar-refractivity contribution in [3.05, 3.63) is 44.5 Å². The second-order valence-corrected chi connectivity index (χ2v) is 4.69. The molecule has 2 aromatic rings. The molecule has 2 heterocycles. The summed E-state index contributed by atoms with van der Waals surface area (Å²) in [5, 5.41) is 7.71. The van der Waals surface area contributed by atoms with Crippen LogP contribution in [0, 0.1) is 0 Å². The van der Waals surface area contributed by atoms with Crippen molar-refractivity contribution in [1.82, 2.24) is 19.6 Å². The zero-order valence-electron chi connectivity index (χ0n) is 9.65. The van der Waals surface area contributed by atoms with Gasteiger partial charge in [-0.25, -0.2) is 0 Å². The van der Waals surface area contributed by atoms with Crippen LogP contribution in [0.3, 0.4) is 0 Å². The van der Waals surface area contributed by atoms with Gasteiger partial charge in [-0.15, -0.1) is 0 Å². The van der Waals surface area contributed by atoms with Gasteiger partial charge in [0, 0.05) is 13.2 Å². The molecule has 2 aromatic heterocycles. The molecule has 0 aliphatic rings. The summed E-state index contributed by atoms with van der Waals surface area (Å²) in [5.41, 5.74) is -1.06. The molecule has 2 rings (SSSR count). The van der Waals surface area contributed by atoms with Crippen molar-refractivity contribution in [1.29, 1.82) is 0 Å². The number of aryl methyl sites for hydroxylation is 1. The Morgan fingerprint density at radius 3 is 2.63 bits per heavy atom. The van der Waals surface area contributed by atoms with E-state index in [2.05, 4.69) is 26.1 Å². The molecule has 0 radical (unpaired) electrons. The minimum Gasteiger partial charge on any atom is -0.308 e. The average molecular weight is 337 g/mol. The van der Waals surface area contributed by atoms with Crippen molar-refractivity contribution in [2.24, 2.45) is 7.05 Å². The lowest BCUT2D eigenvalue weighted by Gasteiger charge is -2.10. The normalized spacial score (nSPS) is 11.8. The SMILES string of the molecule is Cn1ncc(Cn2cc(C(F)(F)F)cc(Br)c2=O)n1. The second kappa shape index (κ2) is 4.80. The molecule has 0 atom stereocenters. The van der Waals surface area contributed by atoms with Crippen LogP contribution in [0.25, 0.3) is 0 Å². The maximum Gasteiger partial charge on any atom is 0.417 e. The number of pyridine rings is 1. The lowest BCUT2D eigenvalue weighted by Crippen LogP contribution is -2.23. The maximum absolute atomic E-state index is 12.7. The van der Waals surface area contributed by atoms with E-state index in [1.54, 1.807) is 7.05 Å². The van der Waals surface area contributed by atoms with Crippen LogP contribution in [0.4, 0.5) is 13.2 Å². The Morgan fingerprint density at radius 2 is 2.11 bits per heavy atom. The molecule has 0 spiro atoms. The van der Waals surface area contributed by atoms with E-state index in [0.29, 0.717) is 5.69 Å². The van der Waals surface area contributed by atoms with Crippen LogP contribution in [-0.2, 0) is 19.8 Å². The largest absolute Gasteiger partial charge is 0.417 e. The van der Waals surface area contributed by atoms with Crippen molar-refractivity contribution < 1.29 is 13.2 Å². The molecular weight excluding hydrogens is 329 g/mol. The molecule has 0 N–H and O–H groups in total. The first-order valence-electron chi connectivity index (χ1n) is 5.10. The molecule has 0 fully saturated rings. The van der Waals surface area contributed by atoms with Crippen LogP contribution in [0.2, 0.25) is 0 Å². The summed E-state index contributed by atoms with van der Waals surface area (Å²) in [6.45, 7) is -0.0742. The summed E-state index contributed by atoms with van der Waals surface area (Å²) >= 11 is 2.83. The van der Waals surface area contributed by atoms with Crippen LogP contribution in [0.5, 0.6) is 0 Å². The Bertz CT molecular complexity index is 662. The van der Waals surface area contributed by atoms with E-state index >= 15 is 0 Å². The van der Waals surface area contributed by atoms with E-state index in [4.69, 9.17) is 0 Å². The monoisotopic (exact) mass is 336 g/mol. The first-order valence-corrected chi connectivity index (χ1v) is 5.89. The van der Waals surface area contributed by atoms with Crippen LogP contribution in [0.1, 0.15) is 11.3 Å². The van der Waals surface area contributed by atoms with Crippen LogP contribution in [-0.4, -0.2) is 19.6 Å². The van der Waals surface area contributed by atoms with Crippen molar-refractivity contribution in [3.63, 3.8) is 0 Å². The number of hydrogen-bond acceptors (Lipinski definition) is 3. The zero-order valence-corrected chi connectivity index (χ0v) is 11.2. The third-order valence-electron chi connectivity index (χ3n) is 2.35. The third kappa shape index (κ3) is 3.03. The van der Waals surface area contributed by atoms with Crippen molar-refractivity contribution >= 4 is 15.9 Å². The predicted octanol–water partition coefficient (Wildman–Crippen LogP) is 1.81. The third-order valence-corrected chi connectivity index (χ3v) is 2.92. The van der Waals surface area contributed by atoms with E-state index < -0.39 is 17.3 Å². The van der Waals surface area contributed by atoms with Gasteiger partial charge < -0.3 is 4.57 Å². The molecular formula is C10H8BrF3N4O. The van der Waals surface area contributed by atoms with Gasteiger partial charge in [0.2, 0.25) is 0 Å². The summed E-state index contributed by atoms with van der Waals surface area (Å²) in [6, 6.07) is 0.759. The molecule has 0 saturated heterocycles. The van der Waals surface area contributed by atoms with Crippen LogP contribution in [0.15, 0.2) is 27.7 Å². The zero-order chi connectivity index (χ0) is 14.2. The van der Waals surface area contributed by atoms with Gasteiger partial charge >= 0.3 is 6.18 Å². The summed E-state index contributed by atoms with van der Waals surface area (Å²) in [4.78, 5) is 13.0. The molecule has 0 aliphatic heterocycles. The Hall–Kier alpha value is -1.64. The molecule has 0 unspecified atom stereocenters. The van der Waals surface area contributed by atoms with Gasteiger partial charge in [0.1, 0.15) is 5.69 Å². The molecule has 0 bridgehead atoms. The first-order chi connectivity index (χ1) is 8.77. The van der Waals surface area contributed by atoms with E-state index in [9.17, 15) is 18.0 Å². The lowest BCUT2D eigenvalue weighted by molar-refractivity contribution is -0.138. The van der Waals surface area contributed by atoms with Gasteiger partial charge in [-0.3, -0.25) is 4.79 Å². The fraction of sp³-hybridized carbons (Fsp3) is 0.300. The van der Waals surface area contributed by atoms with Gasteiger partial charge in [-0.1, -0.05) is 0 Å². The number of alkyl halides is 3. The molecule has 0 aromatic carbocycles. The smallest absolute Gasteiger partial charge is 0.308 e. The van der Waals surface area contributed by atoms with Gasteiger partial charge in [0.05, 0.1) is 22.8 Å². The fourth-order valence-electron chi connectivity index (χ4n) is 1.51. The maximum atomic E-state index is 12.7. The Morgan fingerprint density at radius 1 is 1.42 bits per heavy atom. The van der Waals surface area contributed by atoms with Gasteiger partial charge in [0.25, 0.3) is 5.56 Å². The molecule has 0 saturated carbocycles. The standard InChI is InChI=1S/C10H8BrF3N4O/c1-17-15-3-7(16-17)5-18-4-6(10(12,13)14)2-8(11)9(18)19/h2-4H,5H2,1H3. The minimum atomic E-state index is -4.51. The molecule has 102 valence electrons. The summed E-state index contributed by atoms with van der Waals surface area (Å²) in [7, 11) is 1.58. The number of halogens is 4. The van der Waals surface area contributed by atoms with Crippen molar-refractivity contribution in [3.8, 4) is 0 Å². The van der Waals surface area contributed by atoms with Gasteiger partial charge in [0.15, 0.2) is 0 Å². The minimum absolute atomic E-state index is 0.0742. The fourth-order valence-corrected chi connectivity index (χ4v) is 1.98. The van der Waals surface area contributed by atoms with Gasteiger partial charge in [-0.2, -0.15) is 28.2 Å². The van der Waals surface area contributed by atoms with Crippen molar-refractivity contribution in [2.45, 2.75) is 12.7 Å². The van der Waals surface area contributed by atoms with Crippen LogP contribution < -0.4 is 5.56 Å². The molecule has 0 amide bonds. The highest BCUT2D eigenvalue weighted by molar-refractivity contribution is 9.10. The topological polar surface area (TPSA) is 52.7 Å². The molecule has 0 aliphatic carbocycles. The summed E-state index contributed by atoms with van der Waals surface area (Å²) < 4.78 is 38.8. The number of nitrogens with zero attached hydrogens (tertiary/aromatic N) is 4. The van der Waals surface area contributed by atoms with Crippen molar-refractivity contribution in [2.75, 3.05) is 0 Å². The van der Waals surface area contributed by atoms with E-state index in [1.807, 2.05) is 0 Å². The Kier molecular flexibility index (Phi) is 3.48. The second-order valence-electron chi connectivity index (χ2n) is 3.83. The van der Waals surface area contributed by atoms with E-state index in [-0.39, 0.29) is 11.0 Å². The van der Waals surface area contributed by atoms with Crippen LogP contribution >= 0.6 is 15.9 Å². The lowest BCUT2D eigenvalue weighted by atomic mass is 10.2. The van der Waals surface area contributed by atoms with E-state index in [0.717, 1.165) is 16.8 Å². The predicted molar refractivity (Wildman–Crippen MR) is 63.5 cm³/mol. The highest BCUT2D eigenvalue weighted by Gasteiger charge is 2.32. The first kappa shape index (κ1) is 13.8. The highest BCUT2D eigenvalue weighted by atomic mass is 79.9. The number of rotatable bonds is 2. The Labute approximate surface area is 113 Å². The summed E-state index contributed by atoms with van der Waals surface area (Å²) in [6.07, 6.45) is -2.36.